The van der Waals surface area contributed by atoms with E-state index in [2.05, 4.69) is 0 Å². The summed E-state index contributed by atoms with van der Waals surface area (Å²) in [6.07, 6.45) is 0.959. The van der Waals surface area contributed by atoms with Crippen molar-refractivity contribution in [1.82, 2.24) is 0 Å². The summed E-state index contributed by atoms with van der Waals surface area (Å²) in [6.45, 7) is 7.50. The van der Waals surface area contributed by atoms with Crippen LogP contribution in [0.2, 0.25) is 0 Å². The Kier molecular flexibility index (Phi) is 7.76. The molecule has 0 radical (unpaired) electrons. The molecule has 0 atom stereocenters. The second kappa shape index (κ2) is 9.87. The Labute approximate surface area is 174 Å². The first-order valence-electron chi connectivity index (χ1n) is 9.97. The smallest absolute Gasteiger partial charge is 0.303 e. The van der Waals surface area contributed by atoms with Gasteiger partial charge in [-0.15, -0.1) is 0 Å². The zero-order valence-corrected chi connectivity index (χ0v) is 17.7. The van der Waals surface area contributed by atoms with Crippen LogP contribution in [0, 0.1) is 17.5 Å². The van der Waals surface area contributed by atoms with E-state index in [0.29, 0.717) is 28.9 Å². The van der Waals surface area contributed by atoms with Gasteiger partial charge in [-0.3, -0.25) is 4.79 Å². The summed E-state index contributed by atoms with van der Waals surface area (Å²) in [5.74, 6) is -3.28. The summed E-state index contributed by atoms with van der Waals surface area (Å²) < 4.78 is 53.6. The van der Waals surface area contributed by atoms with Crippen molar-refractivity contribution in [2.24, 2.45) is 0 Å². The van der Waals surface area contributed by atoms with E-state index >= 15 is 0 Å². The Morgan fingerprint density at radius 1 is 1.13 bits per heavy atom. The zero-order valence-electron chi connectivity index (χ0n) is 17.7. The highest BCUT2D eigenvalue weighted by Crippen LogP contribution is 2.39. The number of carboxylic acid groups (broad SMARTS) is 1. The van der Waals surface area contributed by atoms with E-state index in [1.165, 1.54) is 12.1 Å². The molecule has 3 rings (SSSR count). The van der Waals surface area contributed by atoms with Crippen LogP contribution in [-0.2, 0) is 24.2 Å². The van der Waals surface area contributed by atoms with Crippen molar-refractivity contribution in [2.45, 2.75) is 65.6 Å². The summed E-state index contributed by atoms with van der Waals surface area (Å²) in [5.41, 5.74) is 0.933. The molecular formula is C23H27F3O4. The van der Waals surface area contributed by atoms with E-state index in [1.54, 1.807) is 0 Å². The van der Waals surface area contributed by atoms with Gasteiger partial charge in [0, 0.05) is 24.0 Å². The normalized spacial score (nSPS) is 13.7. The number of aliphatic carboxylic acids is 1. The van der Waals surface area contributed by atoms with E-state index in [0.717, 1.165) is 12.1 Å². The minimum Gasteiger partial charge on any atom is -0.487 e. The molecule has 0 bridgehead atoms. The van der Waals surface area contributed by atoms with E-state index in [1.807, 2.05) is 27.7 Å². The van der Waals surface area contributed by atoms with Crippen LogP contribution in [0.15, 0.2) is 24.3 Å². The number of hydrogen-bond acceptors (Lipinski definition) is 3. The van der Waals surface area contributed by atoms with Crippen molar-refractivity contribution in [3.8, 4) is 11.5 Å². The van der Waals surface area contributed by atoms with Gasteiger partial charge in [0.2, 0.25) is 0 Å². The third kappa shape index (κ3) is 5.90. The lowest BCUT2D eigenvalue weighted by atomic mass is 10.0. The first-order chi connectivity index (χ1) is 14.1. The van der Waals surface area contributed by atoms with Crippen molar-refractivity contribution in [3.63, 3.8) is 0 Å². The van der Waals surface area contributed by atoms with Gasteiger partial charge in [-0.1, -0.05) is 13.8 Å². The molecule has 7 heteroatoms. The van der Waals surface area contributed by atoms with Gasteiger partial charge in [0.15, 0.2) is 17.4 Å². The van der Waals surface area contributed by atoms with Crippen LogP contribution in [0.1, 0.15) is 57.2 Å². The van der Waals surface area contributed by atoms with Crippen LogP contribution in [0.25, 0.3) is 0 Å². The molecule has 0 spiro atoms. The number of carbonyl (C=O) groups is 1. The molecule has 2 aromatic rings. The van der Waals surface area contributed by atoms with Crippen LogP contribution >= 0.6 is 0 Å². The maximum atomic E-state index is 14.3. The van der Waals surface area contributed by atoms with Gasteiger partial charge in [-0.2, -0.15) is 0 Å². The molecule has 0 fully saturated rings. The molecule has 1 aliphatic rings. The Balaban J connectivity index is 0.00000155. The molecule has 1 aliphatic heterocycles. The predicted octanol–water partition coefficient (Wildman–Crippen LogP) is 5.83. The molecule has 1 heterocycles. The SMILES string of the molecule is CC.CC1(C)Cc2cc(F)cc(COc3c(F)cc(CCCC(=O)O)cc3F)c2O1. The Morgan fingerprint density at radius 2 is 1.77 bits per heavy atom. The van der Waals surface area contributed by atoms with Crippen LogP contribution in [0.3, 0.4) is 0 Å². The van der Waals surface area contributed by atoms with Gasteiger partial charge in [0.05, 0.1) is 0 Å². The van der Waals surface area contributed by atoms with E-state index in [-0.39, 0.29) is 25.9 Å². The topological polar surface area (TPSA) is 55.8 Å². The first kappa shape index (κ1) is 23.6. The first-order valence-corrected chi connectivity index (χ1v) is 9.97. The summed E-state index contributed by atoms with van der Waals surface area (Å²) in [7, 11) is 0. The Morgan fingerprint density at radius 3 is 2.37 bits per heavy atom. The predicted molar refractivity (Wildman–Crippen MR) is 107 cm³/mol. The maximum Gasteiger partial charge on any atom is 0.303 e. The van der Waals surface area contributed by atoms with Crippen LogP contribution in [0.4, 0.5) is 13.2 Å². The average Bonchev–Trinajstić information content (AvgIpc) is 2.96. The standard InChI is InChI=1S/C21H21F3O4.C2H6/c1-21(2)10-13-8-15(22)9-14(19(13)28-21)11-27-20-16(23)6-12(7-17(20)24)4-3-5-18(25)26;1-2/h6-9H,3-5,10-11H2,1-2H3,(H,25,26);1-2H3. The highest BCUT2D eigenvalue weighted by molar-refractivity contribution is 5.66. The number of hydrogen-bond donors (Lipinski definition) is 1. The quantitative estimate of drug-likeness (QED) is 0.608. The highest BCUT2D eigenvalue weighted by Gasteiger charge is 2.32. The molecule has 0 aliphatic carbocycles. The fraction of sp³-hybridized carbons (Fsp3) is 0.435. The number of halogens is 3. The second-order valence-electron chi connectivity index (χ2n) is 7.52. The van der Waals surface area contributed by atoms with Crippen molar-refractivity contribution < 1.29 is 32.5 Å². The molecule has 164 valence electrons. The summed E-state index contributed by atoms with van der Waals surface area (Å²) >= 11 is 0. The molecular weight excluding hydrogens is 397 g/mol. The van der Waals surface area contributed by atoms with Gasteiger partial charge >= 0.3 is 5.97 Å². The summed E-state index contributed by atoms with van der Waals surface area (Å²) in [4.78, 5) is 10.5. The number of carboxylic acids is 1. The van der Waals surface area contributed by atoms with Crippen molar-refractivity contribution in [3.05, 3.63) is 58.4 Å². The Hall–Kier alpha value is -2.70. The third-order valence-electron chi connectivity index (χ3n) is 4.49. The van der Waals surface area contributed by atoms with E-state index in [4.69, 9.17) is 14.6 Å². The van der Waals surface area contributed by atoms with Crippen molar-refractivity contribution >= 4 is 5.97 Å². The van der Waals surface area contributed by atoms with Crippen LogP contribution < -0.4 is 9.47 Å². The molecule has 2 aromatic carbocycles. The lowest BCUT2D eigenvalue weighted by molar-refractivity contribution is -0.137. The lowest BCUT2D eigenvalue weighted by Gasteiger charge is -2.18. The second-order valence-corrected chi connectivity index (χ2v) is 7.52. The van der Waals surface area contributed by atoms with Gasteiger partial charge in [-0.05, 0) is 56.5 Å². The fourth-order valence-electron chi connectivity index (χ4n) is 3.34. The Bertz CT molecular complexity index is 887. The number of aryl methyl sites for hydroxylation is 1. The summed E-state index contributed by atoms with van der Waals surface area (Å²) in [6, 6.07) is 4.86. The molecule has 0 saturated carbocycles. The molecule has 30 heavy (non-hydrogen) atoms. The van der Waals surface area contributed by atoms with E-state index in [9.17, 15) is 18.0 Å². The van der Waals surface area contributed by atoms with Gasteiger partial charge < -0.3 is 14.6 Å². The molecule has 0 saturated heterocycles. The van der Waals surface area contributed by atoms with Crippen molar-refractivity contribution in [1.29, 1.82) is 0 Å². The average molecular weight is 424 g/mol. The van der Waals surface area contributed by atoms with E-state index < -0.39 is 34.8 Å². The van der Waals surface area contributed by atoms with Crippen LogP contribution in [0.5, 0.6) is 11.5 Å². The monoisotopic (exact) mass is 424 g/mol. The number of fused-ring (bicyclic) bond motifs is 1. The van der Waals surface area contributed by atoms with Gasteiger partial charge in [0.1, 0.15) is 23.8 Å². The van der Waals surface area contributed by atoms with Gasteiger partial charge in [0.25, 0.3) is 0 Å². The molecule has 0 aromatic heterocycles. The number of benzene rings is 2. The third-order valence-corrected chi connectivity index (χ3v) is 4.49. The molecule has 0 amide bonds. The number of ether oxygens (including phenoxy) is 2. The maximum absolute atomic E-state index is 14.3. The minimum absolute atomic E-state index is 0.0808. The molecule has 0 unspecified atom stereocenters. The number of rotatable bonds is 7. The summed E-state index contributed by atoms with van der Waals surface area (Å²) in [5, 5.41) is 8.64. The largest absolute Gasteiger partial charge is 0.487 e. The minimum atomic E-state index is -0.964. The zero-order chi connectivity index (χ0) is 22.5. The van der Waals surface area contributed by atoms with Crippen LogP contribution in [-0.4, -0.2) is 16.7 Å². The van der Waals surface area contributed by atoms with Gasteiger partial charge in [-0.25, -0.2) is 13.2 Å². The fourth-order valence-corrected chi connectivity index (χ4v) is 3.34. The molecule has 1 N–H and O–H groups in total. The molecule has 4 nitrogen and oxygen atoms in total. The van der Waals surface area contributed by atoms with Crippen molar-refractivity contribution in [2.75, 3.05) is 0 Å². The highest BCUT2D eigenvalue weighted by atomic mass is 19.1. The lowest BCUT2D eigenvalue weighted by Crippen LogP contribution is -2.25.